The molecule has 0 unspecified atom stereocenters. The van der Waals surface area contributed by atoms with Gasteiger partial charge in [-0.15, -0.1) is 35.3 Å². The van der Waals surface area contributed by atoms with Gasteiger partial charge in [0.25, 0.3) is 0 Å². The third kappa shape index (κ3) is 6.75. The zero-order valence-electron chi connectivity index (χ0n) is 11.7. The summed E-state index contributed by atoms with van der Waals surface area (Å²) in [4.78, 5) is 10.1. The molecule has 2 aromatic rings. The molecule has 0 aromatic carbocycles. The lowest BCUT2D eigenvalue weighted by Crippen LogP contribution is -2.36. The number of nitrogens with one attached hydrogen (secondary N) is 2. The van der Waals surface area contributed by atoms with Gasteiger partial charge in [0.1, 0.15) is 0 Å². The molecule has 114 valence electrons. The highest BCUT2D eigenvalue weighted by molar-refractivity contribution is 14.0. The van der Waals surface area contributed by atoms with Crippen LogP contribution >= 0.6 is 51.2 Å². The van der Waals surface area contributed by atoms with Gasteiger partial charge in [-0.3, -0.25) is 4.98 Å². The van der Waals surface area contributed by atoms with E-state index < -0.39 is 0 Å². The molecule has 0 amide bonds. The van der Waals surface area contributed by atoms with Crippen LogP contribution in [0.2, 0.25) is 0 Å². The van der Waals surface area contributed by atoms with Gasteiger partial charge in [-0.25, -0.2) is 4.99 Å². The van der Waals surface area contributed by atoms with Crippen LogP contribution in [-0.2, 0) is 13.1 Å². The van der Waals surface area contributed by atoms with Crippen molar-refractivity contribution in [1.29, 1.82) is 0 Å². The van der Waals surface area contributed by atoms with Crippen LogP contribution < -0.4 is 10.6 Å². The molecule has 0 aliphatic heterocycles. The Morgan fingerprint density at radius 2 is 2.14 bits per heavy atom. The first-order valence-corrected chi connectivity index (χ1v) is 8.05. The summed E-state index contributed by atoms with van der Waals surface area (Å²) >= 11 is 5.19. The zero-order valence-corrected chi connectivity index (χ0v) is 16.4. The quantitative estimate of drug-likeness (QED) is 0.389. The average molecular weight is 481 g/mol. The maximum atomic E-state index is 4.53. The number of hydrogen-bond donors (Lipinski definition) is 2. The minimum absolute atomic E-state index is 0. The highest BCUT2D eigenvalue weighted by Crippen LogP contribution is 2.21. The van der Waals surface area contributed by atoms with E-state index in [9.17, 15) is 0 Å². The number of guanidine groups is 1. The van der Waals surface area contributed by atoms with Crippen molar-refractivity contribution in [3.8, 4) is 0 Å². The van der Waals surface area contributed by atoms with Gasteiger partial charge < -0.3 is 10.6 Å². The molecule has 7 heteroatoms. The molecule has 2 aromatic heterocycles. The first kappa shape index (κ1) is 18.4. The molecule has 0 spiro atoms. The molecule has 0 radical (unpaired) electrons. The van der Waals surface area contributed by atoms with E-state index in [2.05, 4.69) is 55.6 Å². The number of rotatable bonds is 5. The van der Waals surface area contributed by atoms with Crippen molar-refractivity contribution in [3.05, 3.63) is 50.9 Å². The van der Waals surface area contributed by atoms with Gasteiger partial charge in [0.05, 0.1) is 22.6 Å². The monoisotopic (exact) mass is 480 g/mol. The van der Waals surface area contributed by atoms with Crippen molar-refractivity contribution in [3.63, 3.8) is 0 Å². The number of nitrogens with zero attached hydrogens (tertiary/aromatic N) is 2. The van der Waals surface area contributed by atoms with Crippen LogP contribution in [-0.4, -0.2) is 17.5 Å². The van der Waals surface area contributed by atoms with Crippen LogP contribution in [0.5, 0.6) is 0 Å². The minimum atomic E-state index is 0. The number of halogens is 2. The molecule has 0 saturated carbocycles. The Morgan fingerprint density at radius 1 is 1.29 bits per heavy atom. The number of aliphatic imine (C=N–C) groups is 1. The maximum absolute atomic E-state index is 4.53. The van der Waals surface area contributed by atoms with Gasteiger partial charge in [0, 0.05) is 17.6 Å². The van der Waals surface area contributed by atoms with Gasteiger partial charge in [0.2, 0.25) is 0 Å². The standard InChI is InChI=1S/C14H17BrN4S.HI/c1-2-16-14(18-9-11-5-3-4-8-17-11)19-10-12-6-7-13(15)20-12;/h3-8H,2,9-10H2,1H3,(H2,16,18,19);1H. The number of hydrogen-bond acceptors (Lipinski definition) is 3. The Morgan fingerprint density at radius 3 is 2.76 bits per heavy atom. The molecular weight excluding hydrogens is 463 g/mol. The van der Waals surface area contributed by atoms with E-state index in [4.69, 9.17) is 0 Å². The van der Waals surface area contributed by atoms with Crippen molar-refractivity contribution in [2.45, 2.75) is 20.0 Å². The number of aromatic nitrogens is 1. The van der Waals surface area contributed by atoms with Crippen molar-refractivity contribution in [2.75, 3.05) is 6.54 Å². The van der Waals surface area contributed by atoms with Crippen LogP contribution in [0.4, 0.5) is 0 Å². The van der Waals surface area contributed by atoms with E-state index in [1.807, 2.05) is 18.2 Å². The highest BCUT2D eigenvalue weighted by Gasteiger charge is 2.01. The predicted molar refractivity (Wildman–Crippen MR) is 103 cm³/mol. The molecule has 0 bridgehead atoms. The number of thiophene rings is 1. The topological polar surface area (TPSA) is 49.3 Å². The van der Waals surface area contributed by atoms with Crippen LogP contribution in [0, 0.1) is 0 Å². The summed E-state index contributed by atoms with van der Waals surface area (Å²) in [5.41, 5.74) is 0.962. The first-order valence-electron chi connectivity index (χ1n) is 6.44. The lowest BCUT2D eigenvalue weighted by Gasteiger charge is -2.10. The second-order valence-electron chi connectivity index (χ2n) is 4.08. The SMILES string of the molecule is CCNC(=NCc1ccccn1)NCc1ccc(Br)s1.I. The molecule has 2 rings (SSSR count). The number of pyridine rings is 1. The predicted octanol–water partition coefficient (Wildman–Crippen LogP) is 3.78. The summed E-state index contributed by atoms with van der Waals surface area (Å²) in [5.74, 6) is 0.808. The normalized spacial score (nSPS) is 10.9. The Kier molecular flexibility index (Phi) is 8.86. The summed E-state index contributed by atoms with van der Waals surface area (Å²) in [5, 5.41) is 6.56. The summed E-state index contributed by atoms with van der Waals surface area (Å²) in [6.07, 6.45) is 1.79. The smallest absolute Gasteiger partial charge is 0.191 e. The largest absolute Gasteiger partial charge is 0.357 e. The zero-order chi connectivity index (χ0) is 14.2. The fourth-order valence-electron chi connectivity index (χ4n) is 1.61. The molecule has 0 fully saturated rings. The van der Waals surface area contributed by atoms with Crippen molar-refractivity contribution < 1.29 is 0 Å². The van der Waals surface area contributed by atoms with Crippen molar-refractivity contribution in [1.82, 2.24) is 15.6 Å². The highest BCUT2D eigenvalue weighted by atomic mass is 127. The van der Waals surface area contributed by atoms with Gasteiger partial charge in [-0.2, -0.15) is 0 Å². The molecule has 2 heterocycles. The summed E-state index contributed by atoms with van der Waals surface area (Å²) in [6.45, 7) is 4.23. The van der Waals surface area contributed by atoms with Crippen LogP contribution in [0.1, 0.15) is 17.5 Å². The molecule has 0 aliphatic carbocycles. The van der Waals surface area contributed by atoms with E-state index in [0.29, 0.717) is 6.54 Å². The molecule has 0 atom stereocenters. The molecule has 0 saturated heterocycles. The lowest BCUT2D eigenvalue weighted by molar-refractivity contribution is 0.819. The summed E-state index contributed by atoms with van der Waals surface area (Å²) in [7, 11) is 0. The van der Waals surface area contributed by atoms with E-state index >= 15 is 0 Å². The van der Waals surface area contributed by atoms with E-state index in [0.717, 1.165) is 28.5 Å². The summed E-state index contributed by atoms with van der Waals surface area (Å²) < 4.78 is 1.14. The van der Waals surface area contributed by atoms with Gasteiger partial charge in [0.15, 0.2) is 5.96 Å². The molecule has 0 aliphatic rings. The van der Waals surface area contributed by atoms with Crippen molar-refractivity contribution in [2.24, 2.45) is 4.99 Å². The minimum Gasteiger partial charge on any atom is -0.357 e. The fraction of sp³-hybridized carbons (Fsp3) is 0.286. The Bertz CT molecular complexity index is 559. The van der Waals surface area contributed by atoms with Crippen LogP contribution in [0.15, 0.2) is 45.3 Å². The molecule has 21 heavy (non-hydrogen) atoms. The second-order valence-corrected chi connectivity index (χ2v) is 6.62. The maximum Gasteiger partial charge on any atom is 0.191 e. The second kappa shape index (κ2) is 10.1. The Balaban J connectivity index is 0.00000220. The summed E-state index contributed by atoms with van der Waals surface area (Å²) in [6, 6.07) is 10.0. The molecule has 2 N–H and O–H groups in total. The van der Waals surface area contributed by atoms with Crippen LogP contribution in [0.25, 0.3) is 0 Å². The Hall–Kier alpha value is -0.670. The van der Waals surface area contributed by atoms with Crippen molar-refractivity contribution >= 4 is 57.2 Å². The third-order valence-electron chi connectivity index (χ3n) is 2.53. The average Bonchev–Trinajstić information content (AvgIpc) is 2.89. The fourth-order valence-corrected chi connectivity index (χ4v) is 3.03. The van der Waals surface area contributed by atoms with E-state index in [1.165, 1.54) is 4.88 Å². The van der Waals surface area contributed by atoms with Gasteiger partial charge in [-0.05, 0) is 47.1 Å². The van der Waals surface area contributed by atoms with Gasteiger partial charge >= 0.3 is 0 Å². The van der Waals surface area contributed by atoms with Crippen LogP contribution in [0.3, 0.4) is 0 Å². The first-order chi connectivity index (χ1) is 9.78. The third-order valence-corrected chi connectivity index (χ3v) is 4.15. The van der Waals surface area contributed by atoms with Gasteiger partial charge in [-0.1, -0.05) is 6.07 Å². The molecular formula is C14H18BrIN4S. The van der Waals surface area contributed by atoms with E-state index in [1.54, 1.807) is 17.5 Å². The Labute approximate surface area is 154 Å². The molecule has 4 nitrogen and oxygen atoms in total. The van der Waals surface area contributed by atoms with E-state index in [-0.39, 0.29) is 24.0 Å². The lowest BCUT2D eigenvalue weighted by atomic mass is 10.3.